The topological polar surface area (TPSA) is 90.4 Å². The van der Waals surface area contributed by atoms with Gasteiger partial charge in [-0.05, 0) is 25.1 Å². The predicted octanol–water partition coefficient (Wildman–Crippen LogP) is 2.61. The van der Waals surface area contributed by atoms with Crippen molar-refractivity contribution in [2.24, 2.45) is 0 Å². The van der Waals surface area contributed by atoms with Crippen molar-refractivity contribution in [3.8, 4) is 0 Å². The highest BCUT2D eigenvalue weighted by molar-refractivity contribution is 5.92. The van der Waals surface area contributed by atoms with E-state index in [0.29, 0.717) is 36.0 Å². The number of ether oxygens (including phenoxy) is 1. The van der Waals surface area contributed by atoms with Crippen LogP contribution in [0.25, 0.3) is 0 Å². The summed E-state index contributed by atoms with van der Waals surface area (Å²) >= 11 is 0. The Labute approximate surface area is 123 Å². The molecule has 1 aromatic heterocycles. The van der Waals surface area contributed by atoms with Gasteiger partial charge in [-0.25, -0.2) is 9.78 Å². The van der Waals surface area contributed by atoms with E-state index in [-0.39, 0.29) is 5.97 Å². The Morgan fingerprint density at radius 1 is 1.43 bits per heavy atom. The monoisotopic (exact) mass is 289 g/mol. The molecule has 112 valence electrons. The van der Waals surface area contributed by atoms with Gasteiger partial charge in [0.15, 0.2) is 0 Å². The maximum Gasteiger partial charge on any atom is 0.338 e. The van der Waals surface area contributed by atoms with Gasteiger partial charge in [-0.1, -0.05) is 6.92 Å². The number of aryl methyl sites for hydroxylation is 1. The third-order valence-corrected chi connectivity index (χ3v) is 2.94. The second-order valence-electron chi connectivity index (χ2n) is 4.45. The first-order valence-electron chi connectivity index (χ1n) is 6.88. The molecule has 0 bridgehead atoms. The Bertz CT molecular complexity index is 622. The first-order chi connectivity index (χ1) is 10.1. The molecule has 0 unspecified atom stereocenters. The summed E-state index contributed by atoms with van der Waals surface area (Å²) in [5, 5.41) is 3.11. The minimum atomic E-state index is -0.370. The number of rotatable bonds is 6. The molecule has 0 radical (unpaired) electrons. The van der Waals surface area contributed by atoms with Crippen molar-refractivity contribution in [3.05, 3.63) is 41.6 Å². The minimum Gasteiger partial charge on any atom is -0.462 e. The number of nitrogens with one attached hydrogen (secondary N) is 1. The van der Waals surface area contributed by atoms with E-state index in [4.69, 9.17) is 14.9 Å². The first-order valence-corrected chi connectivity index (χ1v) is 6.88. The number of oxazole rings is 1. The Morgan fingerprint density at radius 3 is 2.90 bits per heavy atom. The van der Waals surface area contributed by atoms with Gasteiger partial charge >= 0.3 is 5.97 Å². The molecule has 0 aliphatic rings. The highest BCUT2D eigenvalue weighted by Gasteiger charge is 2.10. The zero-order valence-electron chi connectivity index (χ0n) is 12.2. The van der Waals surface area contributed by atoms with Gasteiger partial charge in [-0.15, -0.1) is 0 Å². The summed E-state index contributed by atoms with van der Waals surface area (Å²) in [6, 6.07) is 4.97. The smallest absolute Gasteiger partial charge is 0.338 e. The van der Waals surface area contributed by atoms with Crippen LogP contribution in [0.4, 0.5) is 11.4 Å². The SMILES string of the molecule is CCOC(=O)c1ccc(N)c(NCc2ncc(CC)o2)c1. The minimum absolute atomic E-state index is 0.335. The fraction of sp³-hybridized carbons (Fsp3) is 0.333. The summed E-state index contributed by atoms with van der Waals surface area (Å²) in [5.41, 5.74) is 7.54. The molecule has 0 saturated heterocycles. The van der Waals surface area contributed by atoms with Crippen molar-refractivity contribution >= 4 is 17.3 Å². The van der Waals surface area contributed by atoms with E-state index in [1.807, 2.05) is 6.92 Å². The predicted molar refractivity (Wildman–Crippen MR) is 80.0 cm³/mol. The van der Waals surface area contributed by atoms with Crippen LogP contribution < -0.4 is 11.1 Å². The quantitative estimate of drug-likeness (QED) is 0.627. The standard InChI is InChI=1S/C15H19N3O3/c1-3-11-8-18-14(21-11)9-17-13-7-10(5-6-12(13)16)15(19)20-4-2/h5-8,17H,3-4,9,16H2,1-2H3. The van der Waals surface area contributed by atoms with Crippen LogP contribution in [0.2, 0.25) is 0 Å². The van der Waals surface area contributed by atoms with Gasteiger partial charge in [-0.3, -0.25) is 0 Å². The molecular formula is C15H19N3O3. The number of benzene rings is 1. The molecule has 21 heavy (non-hydrogen) atoms. The molecule has 0 saturated carbocycles. The van der Waals surface area contributed by atoms with Crippen molar-refractivity contribution in [1.82, 2.24) is 4.98 Å². The normalized spacial score (nSPS) is 10.4. The summed E-state index contributed by atoms with van der Waals surface area (Å²) in [7, 11) is 0. The van der Waals surface area contributed by atoms with Crippen molar-refractivity contribution in [2.45, 2.75) is 26.8 Å². The molecule has 3 N–H and O–H groups in total. The van der Waals surface area contributed by atoms with Crippen LogP contribution in [0.3, 0.4) is 0 Å². The molecule has 0 fully saturated rings. The van der Waals surface area contributed by atoms with Crippen LogP contribution in [0.1, 0.15) is 35.9 Å². The van der Waals surface area contributed by atoms with Gasteiger partial charge in [0.1, 0.15) is 5.76 Å². The number of esters is 1. The molecule has 1 heterocycles. The van der Waals surface area contributed by atoms with Crippen molar-refractivity contribution in [2.75, 3.05) is 17.7 Å². The van der Waals surface area contributed by atoms with Crippen LogP contribution in [-0.4, -0.2) is 17.6 Å². The van der Waals surface area contributed by atoms with Crippen molar-refractivity contribution in [1.29, 1.82) is 0 Å². The van der Waals surface area contributed by atoms with Gasteiger partial charge in [0.25, 0.3) is 0 Å². The average Bonchev–Trinajstić information content (AvgIpc) is 2.94. The number of aromatic nitrogens is 1. The zero-order valence-corrected chi connectivity index (χ0v) is 12.2. The fourth-order valence-corrected chi connectivity index (χ4v) is 1.81. The van der Waals surface area contributed by atoms with Crippen LogP contribution in [-0.2, 0) is 17.7 Å². The Kier molecular flexibility index (Phi) is 4.81. The van der Waals surface area contributed by atoms with E-state index in [0.717, 1.165) is 12.2 Å². The maximum absolute atomic E-state index is 11.7. The maximum atomic E-state index is 11.7. The number of hydrogen-bond donors (Lipinski definition) is 2. The van der Waals surface area contributed by atoms with Crippen LogP contribution in [0.15, 0.2) is 28.8 Å². The molecule has 2 rings (SSSR count). The summed E-state index contributed by atoms with van der Waals surface area (Å²) in [6.07, 6.45) is 2.50. The highest BCUT2D eigenvalue weighted by atomic mass is 16.5. The van der Waals surface area contributed by atoms with E-state index >= 15 is 0 Å². The Balaban J connectivity index is 2.08. The molecule has 0 aliphatic heterocycles. The zero-order chi connectivity index (χ0) is 15.2. The number of nitrogen functional groups attached to an aromatic ring is 1. The number of carbonyl (C=O) groups is 1. The average molecular weight is 289 g/mol. The van der Waals surface area contributed by atoms with Gasteiger partial charge in [0.05, 0.1) is 36.3 Å². The second kappa shape index (κ2) is 6.78. The molecule has 0 spiro atoms. The Morgan fingerprint density at radius 2 is 2.24 bits per heavy atom. The van der Waals surface area contributed by atoms with Gasteiger partial charge in [-0.2, -0.15) is 0 Å². The van der Waals surface area contributed by atoms with Crippen molar-refractivity contribution in [3.63, 3.8) is 0 Å². The summed E-state index contributed by atoms with van der Waals surface area (Å²) in [4.78, 5) is 15.9. The molecular weight excluding hydrogens is 270 g/mol. The van der Waals surface area contributed by atoms with Gasteiger partial charge in [0.2, 0.25) is 5.89 Å². The molecule has 6 heteroatoms. The molecule has 6 nitrogen and oxygen atoms in total. The number of nitrogens with zero attached hydrogens (tertiary/aromatic N) is 1. The van der Waals surface area contributed by atoms with Crippen LogP contribution >= 0.6 is 0 Å². The van der Waals surface area contributed by atoms with E-state index in [9.17, 15) is 4.79 Å². The second-order valence-corrected chi connectivity index (χ2v) is 4.45. The van der Waals surface area contributed by atoms with Gasteiger partial charge < -0.3 is 20.2 Å². The van der Waals surface area contributed by atoms with E-state index < -0.39 is 0 Å². The summed E-state index contributed by atoms with van der Waals surface area (Å²) < 4.78 is 10.5. The lowest BCUT2D eigenvalue weighted by atomic mass is 10.1. The third-order valence-electron chi connectivity index (χ3n) is 2.94. The lowest BCUT2D eigenvalue weighted by Gasteiger charge is -2.09. The number of hydrogen-bond acceptors (Lipinski definition) is 6. The first kappa shape index (κ1) is 14.9. The van der Waals surface area contributed by atoms with Gasteiger partial charge in [0, 0.05) is 6.42 Å². The lowest BCUT2D eigenvalue weighted by Crippen LogP contribution is -2.08. The number of carbonyl (C=O) groups excluding carboxylic acids is 1. The van der Waals surface area contributed by atoms with Crippen LogP contribution in [0.5, 0.6) is 0 Å². The lowest BCUT2D eigenvalue weighted by molar-refractivity contribution is 0.0526. The summed E-state index contributed by atoms with van der Waals surface area (Å²) in [6.45, 7) is 4.50. The van der Waals surface area contributed by atoms with E-state index in [1.54, 1.807) is 31.3 Å². The number of nitrogens with two attached hydrogens (primary N) is 1. The summed E-state index contributed by atoms with van der Waals surface area (Å²) in [5.74, 6) is 1.04. The van der Waals surface area contributed by atoms with E-state index in [2.05, 4.69) is 10.3 Å². The van der Waals surface area contributed by atoms with Crippen molar-refractivity contribution < 1.29 is 13.9 Å². The molecule has 0 aliphatic carbocycles. The van der Waals surface area contributed by atoms with E-state index in [1.165, 1.54) is 0 Å². The molecule has 0 amide bonds. The number of anilines is 2. The Hall–Kier alpha value is -2.50. The molecule has 0 atom stereocenters. The molecule has 2 aromatic rings. The fourth-order valence-electron chi connectivity index (χ4n) is 1.81. The largest absolute Gasteiger partial charge is 0.462 e. The van der Waals surface area contributed by atoms with Crippen LogP contribution in [0, 0.1) is 0 Å². The third kappa shape index (κ3) is 3.75. The highest BCUT2D eigenvalue weighted by Crippen LogP contribution is 2.21. The molecule has 1 aromatic carbocycles.